The number of likely N-dealkylation sites (N-methyl/N-ethyl adjacent to an activating group) is 1. The Hall–Kier alpha value is -1.44. The van der Waals surface area contributed by atoms with Crippen molar-refractivity contribution in [2.75, 3.05) is 20.1 Å². The van der Waals surface area contributed by atoms with Crippen molar-refractivity contribution in [2.24, 2.45) is 5.73 Å². The van der Waals surface area contributed by atoms with Crippen molar-refractivity contribution >= 4 is 15.9 Å². The largest absolute Gasteiger partial charge is 0.355 e. The SMILES string of the molecule is CCCNC(=O)CN(C)S(=O)(=O)Cc1cccc(CN)c1. The van der Waals surface area contributed by atoms with E-state index in [9.17, 15) is 13.2 Å². The van der Waals surface area contributed by atoms with E-state index >= 15 is 0 Å². The van der Waals surface area contributed by atoms with Gasteiger partial charge in [-0.2, -0.15) is 4.31 Å². The van der Waals surface area contributed by atoms with Crippen LogP contribution < -0.4 is 11.1 Å². The maximum atomic E-state index is 12.2. The van der Waals surface area contributed by atoms with Crippen LogP contribution >= 0.6 is 0 Å². The molecule has 0 saturated carbocycles. The van der Waals surface area contributed by atoms with E-state index in [4.69, 9.17) is 5.73 Å². The number of nitrogens with one attached hydrogen (secondary N) is 1. The molecule has 0 radical (unpaired) electrons. The molecule has 118 valence electrons. The predicted molar refractivity (Wildman–Crippen MR) is 82.9 cm³/mol. The van der Waals surface area contributed by atoms with Gasteiger partial charge in [0.15, 0.2) is 0 Å². The molecule has 0 fully saturated rings. The lowest BCUT2D eigenvalue weighted by Gasteiger charge is -2.17. The summed E-state index contributed by atoms with van der Waals surface area (Å²) in [5.74, 6) is -0.433. The first-order valence-corrected chi connectivity index (χ1v) is 8.48. The van der Waals surface area contributed by atoms with Gasteiger partial charge in [-0.05, 0) is 17.5 Å². The molecule has 1 aromatic rings. The van der Waals surface area contributed by atoms with Gasteiger partial charge in [-0.25, -0.2) is 8.42 Å². The molecule has 0 aromatic heterocycles. The summed E-state index contributed by atoms with van der Waals surface area (Å²) in [5, 5.41) is 2.66. The highest BCUT2D eigenvalue weighted by atomic mass is 32.2. The van der Waals surface area contributed by atoms with E-state index in [1.807, 2.05) is 13.0 Å². The molecule has 1 amide bonds. The summed E-state index contributed by atoms with van der Waals surface area (Å²) in [6.07, 6.45) is 0.814. The van der Waals surface area contributed by atoms with Crippen LogP contribution in [0.3, 0.4) is 0 Å². The van der Waals surface area contributed by atoms with E-state index in [0.29, 0.717) is 18.7 Å². The highest BCUT2D eigenvalue weighted by molar-refractivity contribution is 7.88. The fraction of sp³-hybridized carbons (Fsp3) is 0.500. The minimum absolute atomic E-state index is 0.140. The molecule has 0 aliphatic rings. The van der Waals surface area contributed by atoms with Crippen LogP contribution in [0.1, 0.15) is 24.5 Å². The third-order valence-corrected chi connectivity index (χ3v) is 4.77. The Morgan fingerprint density at radius 2 is 2.00 bits per heavy atom. The van der Waals surface area contributed by atoms with Crippen molar-refractivity contribution in [2.45, 2.75) is 25.6 Å². The highest BCUT2D eigenvalue weighted by Crippen LogP contribution is 2.11. The van der Waals surface area contributed by atoms with Gasteiger partial charge < -0.3 is 11.1 Å². The molecule has 3 N–H and O–H groups in total. The molecule has 1 aromatic carbocycles. The van der Waals surface area contributed by atoms with Crippen molar-refractivity contribution in [3.8, 4) is 0 Å². The average Bonchev–Trinajstić information content (AvgIpc) is 2.44. The number of amides is 1. The Labute approximate surface area is 126 Å². The summed E-state index contributed by atoms with van der Waals surface area (Å²) in [4.78, 5) is 11.6. The molecule has 1 rings (SSSR count). The number of hydrogen-bond donors (Lipinski definition) is 2. The average molecular weight is 313 g/mol. The fourth-order valence-electron chi connectivity index (χ4n) is 1.79. The van der Waals surface area contributed by atoms with Gasteiger partial charge in [0.1, 0.15) is 0 Å². The normalized spacial score (nSPS) is 11.6. The number of benzene rings is 1. The summed E-state index contributed by atoms with van der Waals surface area (Å²) >= 11 is 0. The summed E-state index contributed by atoms with van der Waals surface area (Å²) in [6, 6.07) is 7.13. The van der Waals surface area contributed by atoms with Gasteiger partial charge in [0.2, 0.25) is 15.9 Å². The maximum Gasteiger partial charge on any atom is 0.235 e. The topological polar surface area (TPSA) is 92.5 Å². The first kappa shape index (κ1) is 17.6. The number of sulfonamides is 1. The van der Waals surface area contributed by atoms with Crippen LogP contribution in [0, 0.1) is 0 Å². The zero-order valence-electron chi connectivity index (χ0n) is 12.5. The van der Waals surface area contributed by atoms with Crippen LogP contribution in [0.2, 0.25) is 0 Å². The third kappa shape index (κ3) is 5.82. The number of nitrogens with zero attached hydrogens (tertiary/aromatic N) is 1. The monoisotopic (exact) mass is 313 g/mol. The quantitative estimate of drug-likeness (QED) is 0.728. The van der Waals surface area contributed by atoms with Crippen LogP contribution in [0.15, 0.2) is 24.3 Å². The molecule has 0 bridgehead atoms. The molecule has 7 heteroatoms. The molecule has 0 aliphatic carbocycles. The number of carbonyl (C=O) groups is 1. The van der Waals surface area contributed by atoms with Crippen LogP contribution in [-0.2, 0) is 27.1 Å². The van der Waals surface area contributed by atoms with Gasteiger partial charge in [-0.15, -0.1) is 0 Å². The minimum atomic E-state index is -3.53. The van der Waals surface area contributed by atoms with E-state index in [-0.39, 0.29) is 18.2 Å². The molecule has 0 atom stereocenters. The van der Waals surface area contributed by atoms with Crippen LogP contribution in [0.4, 0.5) is 0 Å². The highest BCUT2D eigenvalue weighted by Gasteiger charge is 2.20. The second kappa shape index (κ2) is 8.11. The molecular weight excluding hydrogens is 290 g/mol. The van der Waals surface area contributed by atoms with Crippen LogP contribution in [-0.4, -0.2) is 38.8 Å². The van der Waals surface area contributed by atoms with E-state index in [2.05, 4.69) is 5.32 Å². The van der Waals surface area contributed by atoms with Crippen molar-refractivity contribution in [1.29, 1.82) is 0 Å². The van der Waals surface area contributed by atoms with Gasteiger partial charge in [-0.1, -0.05) is 31.2 Å². The summed E-state index contributed by atoms with van der Waals surface area (Å²) < 4.78 is 25.5. The Balaban J connectivity index is 2.69. The number of carbonyl (C=O) groups excluding carboxylic acids is 1. The molecule has 21 heavy (non-hydrogen) atoms. The molecule has 6 nitrogen and oxygen atoms in total. The zero-order valence-corrected chi connectivity index (χ0v) is 13.3. The summed E-state index contributed by atoms with van der Waals surface area (Å²) in [7, 11) is -2.12. The van der Waals surface area contributed by atoms with E-state index in [1.165, 1.54) is 7.05 Å². The Bertz CT molecular complexity index is 573. The minimum Gasteiger partial charge on any atom is -0.355 e. The van der Waals surface area contributed by atoms with Crippen LogP contribution in [0.5, 0.6) is 0 Å². The molecule has 0 heterocycles. The van der Waals surface area contributed by atoms with Crippen LogP contribution in [0.25, 0.3) is 0 Å². The van der Waals surface area contributed by atoms with E-state index in [1.54, 1.807) is 18.2 Å². The van der Waals surface area contributed by atoms with Crippen molar-refractivity contribution in [1.82, 2.24) is 9.62 Å². The molecule has 0 spiro atoms. The van der Waals surface area contributed by atoms with E-state index < -0.39 is 10.0 Å². The van der Waals surface area contributed by atoms with Crippen molar-refractivity contribution in [3.63, 3.8) is 0 Å². The van der Waals surface area contributed by atoms with Gasteiger partial charge >= 0.3 is 0 Å². The molecular formula is C14H23N3O3S. The van der Waals surface area contributed by atoms with E-state index in [0.717, 1.165) is 16.3 Å². The third-order valence-electron chi connectivity index (χ3n) is 2.99. The first-order chi connectivity index (χ1) is 9.89. The first-order valence-electron chi connectivity index (χ1n) is 6.87. The number of nitrogens with two attached hydrogens (primary N) is 1. The second-order valence-electron chi connectivity index (χ2n) is 4.89. The van der Waals surface area contributed by atoms with Gasteiger partial charge in [0.05, 0.1) is 12.3 Å². The molecule has 0 unspecified atom stereocenters. The fourth-order valence-corrected chi connectivity index (χ4v) is 2.92. The second-order valence-corrected chi connectivity index (χ2v) is 6.96. The smallest absolute Gasteiger partial charge is 0.235 e. The maximum absolute atomic E-state index is 12.2. The summed E-state index contributed by atoms with van der Waals surface area (Å²) in [5.41, 5.74) is 7.09. The standard InChI is InChI=1S/C14H23N3O3S/c1-3-7-16-14(18)10-17(2)21(19,20)11-13-6-4-5-12(8-13)9-15/h4-6,8H,3,7,9-11,15H2,1-2H3,(H,16,18). The Morgan fingerprint density at radius 1 is 1.33 bits per heavy atom. The number of hydrogen-bond acceptors (Lipinski definition) is 4. The van der Waals surface area contributed by atoms with Gasteiger partial charge in [0.25, 0.3) is 0 Å². The predicted octanol–water partition coefficient (Wildman–Crippen LogP) is 0.433. The summed E-state index contributed by atoms with van der Waals surface area (Å²) in [6.45, 7) is 2.68. The van der Waals surface area contributed by atoms with Gasteiger partial charge in [-0.3, -0.25) is 4.79 Å². The van der Waals surface area contributed by atoms with Crippen molar-refractivity contribution in [3.05, 3.63) is 35.4 Å². The lowest BCUT2D eigenvalue weighted by molar-refractivity contribution is -0.121. The number of rotatable bonds is 8. The zero-order chi connectivity index (χ0) is 15.9. The Kier molecular flexibility index (Phi) is 6.80. The molecule has 0 saturated heterocycles. The Morgan fingerprint density at radius 3 is 2.62 bits per heavy atom. The van der Waals surface area contributed by atoms with Crippen molar-refractivity contribution < 1.29 is 13.2 Å². The molecule has 0 aliphatic heterocycles. The lowest BCUT2D eigenvalue weighted by Crippen LogP contribution is -2.39. The van der Waals surface area contributed by atoms with Gasteiger partial charge in [0, 0.05) is 20.1 Å². The lowest BCUT2D eigenvalue weighted by atomic mass is 10.1.